The molecule has 1 heterocycles. The van der Waals surface area contributed by atoms with Crippen molar-refractivity contribution in [1.29, 1.82) is 0 Å². The largest absolute Gasteiger partial charge is 0.333 e. The number of benzene rings is 1. The lowest BCUT2D eigenvalue weighted by atomic mass is 10.1. The van der Waals surface area contributed by atoms with Crippen molar-refractivity contribution in [2.45, 2.75) is 37.8 Å². The highest BCUT2D eigenvalue weighted by Crippen LogP contribution is 2.14. The van der Waals surface area contributed by atoms with Gasteiger partial charge in [0.05, 0.1) is 4.90 Å². The summed E-state index contributed by atoms with van der Waals surface area (Å²) in [5.74, 6) is -0.0604. The van der Waals surface area contributed by atoms with Gasteiger partial charge in [-0.2, -0.15) is 0 Å². The molecule has 1 amide bonds. The molecule has 1 atom stereocenters. The Kier molecular flexibility index (Phi) is 5.20. The SMILES string of the molecule is CC(C)NS(=O)(=O)c1ccc(C(=O)N2CCNC[C@@H]2C)cc1. The first-order chi connectivity index (χ1) is 10.3. The number of piperazine rings is 1. The summed E-state index contributed by atoms with van der Waals surface area (Å²) in [6.07, 6.45) is 0. The van der Waals surface area contributed by atoms with Crippen LogP contribution in [0.15, 0.2) is 29.2 Å². The van der Waals surface area contributed by atoms with Crippen LogP contribution in [0.3, 0.4) is 0 Å². The molecule has 7 heteroatoms. The van der Waals surface area contributed by atoms with Crippen LogP contribution in [0.4, 0.5) is 0 Å². The monoisotopic (exact) mass is 325 g/mol. The minimum Gasteiger partial charge on any atom is -0.333 e. The van der Waals surface area contributed by atoms with E-state index in [4.69, 9.17) is 0 Å². The van der Waals surface area contributed by atoms with E-state index in [0.29, 0.717) is 12.1 Å². The normalized spacial score (nSPS) is 19.5. The molecule has 0 aromatic heterocycles. The van der Waals surface area contributed by atoms with Crippen molar-refractivity contribution in [3.63, 3.8) is 0 Å². The Morgan fingerprint density at radius 1 is 1.32 bits per heavy atom. The summed E-state index contributed by atoms with van der Waals surface area (Å²) >= 11 is 0. The smallest absolute Gasteiger partial charge is 0.254 e. The van der Waals surface area contributed by atoms with Gasteiger partial charge in [-0.05, 0) is 45.0 Å². The van der Waals surface area contributed by atoms with Crippen LogP contribution in [0, 0.1) is 0 Å². The number of amides is 1. The van der Waals surface area contributed by atoms with E-state index in [0.717, 1.165) is 13.1 Å². The molecule has 22 heavy (non-hydrogen) atoms. The summed E-state index contributed by atoms with van der Waals surface area (Å²) in [6.45, 7) is 7.74. The molecule has 1 saturated heterocycles. The number of nitrogens with one attached hydrogen (secondary N) is 2. The van der Waals surface area contributed by atoms with Gasteiger partial charge in [0, 0.05) is 37.3 Å². The van der Waals surface area contributed by atoms with Gasteiger partial charge in [0.1, 0.15) is 0 Å². The number of carbonyl (C=O) groups excluding carboxylic acids is 1. The maximum Gasteiger partial charge on any atom is 0.254 e. The molecule has 1 aliphatic heterocycles. The predicted octanol–water partition coefficient (Wildman–Crippen LogP) is 0.807. The number of rotatable bonds is 4. The van der Waals surface area contributed by atoms with Gasteiger partial charge >= 0.3 is 0 Å². The van der Waals surface area contributed by atoms with Crippen molar-refractivity contribution in [2.24, 2.45) is 0 Å². The molecule has 0 unspecified atom stereocenters. The average molecular weight is 325 g/mol. The fraction of sp³-hybridized carbons (Fsp3) is 0.533. The highest BCUT2D eigenvalue weighted by Gasteiger charge is 2.24. The fourth-order valence-corrected chi connectivity index (χ4v) is 3.71. The maximum absolute atomic E-state index is 12.5. The van der Waals surface area contributed by atoms with Gasteiger partial charge in [-0.15, -0.1) is 0 Å². The lowest BCUT2D eigenvalue weighted by Gasteiger charge is -2.34. The van der Waals surface area contributed by atoms with Crippen LogP contribution in [0.5, 0.6) is 0 Å². The van der Waals surface area contributed by atoms with Crippen LogP contribution in [-0.4, -0.2) is 50.9 Å². The number of hydrogen-bond donors (Lipinski definition) is 2. The molecule has 1 aliphatic rings. The second-order valence-corrected chi connectivity index (χ2v) is 7.57. The average Bonchev–Trinajstić information content (AvgIpc) is 2.46. The molecule has 0 saturated carbocycles. The molecule has 2 rings (SSSR count). The minimum absolute atomic E-state index is 0.0604. The zero-order chi connectivity index (χ0) is 16.3. The summed E-state index contributed by atoms with van der Waals surface area (Å²) in [6, 6.07) is 6.06. The second-order valence-electron chi connectivity index (χ2n) is 5.85. The van der Waals surface area contributed by atoms with Crippen LogP contribution >= 0.6 is 0 Å². The van der Waals surface area contributed by atoms with E-state index in [2.05, 4.69) is 10.0 Å². The van der Waals surface area contributed by atoms with Crippen molar-refractivity contribution in [3.05, 3.63) is 29.8 Å². The van der Waals surface area contributed by atoms with Crippen LogP contribution in [0.25, 0.3) is 0 Å². The molecule has 122 valence electrons. The summed E-state index contributed by atoms with van der Waals surface area (Å²) in [5.41, 5.74) is 0.511. The van der Waals surface area contributed by atoms with Crippen LogP contribution in [0.2, 0.25) is 0 Å². The third kappa shape index (κ3) is 3.85. The first-order valence-electron chi connectivity index (χ1n) is 7.45. The Labute approximate surface area is 131 Å². The number of nitrogens with zero attached hydrogens (tertiary/aromatic N) is 1. The molecule has 0 radical (unpaired) electrons. The molecule has 0 aliphatic carbocycles. The van der Waals surface area contributed by atoms with Gasteiger partial charge in [0.25, 0.3) is 5.91 Å². The van der Waals surface area contributed by atoms with Crippen molar-refractivity contribution >= 4 is 15.9 Å². The number of sulfonamides is 1. The Morgan fingerprint density at radius 2 is 1.95 bits per heavy atom. The summed E-state index contributed by atoms with van der Waals surface area (Å²) in [5, 5.41) is 3.24. The molecule has 6 nitrogen and oxygen atoms in total. The number of hydrogen-bond acceptors (Lipinski definition) is 4. The van der Waals surface area contributed by atoms with Gasteiger partial charge in [0.2, 0.25) is 10.0 Å². The van der Waals surface area contributed by atoms with E-state index in [1.54, 1.807) is 26.0 Å². The lowest BCUT2D eigenvalue weighted by molar-refractivity contribution is 0.0655. The van der Waals surface area contributed by atoms with E-state index >= 15 is 0 Å². The topological polar surface area (TPSA) is 78.5 Å². The van der Waals surface area contributed by atoms with E-state index in [9.17, 15) is 13.2 Å². The summed E-state index contributed by atoms with van der Waals surface area (Å²) in [4.78, 5) is 14.5. The molecule has 0 spiro atoms. The maximum atomic E-state index is 12.5. The Bertz CT molecular complexity index is 626. The summed E-state index contributed by atoms with van der Waals surface area (Å²) in [7, 11) is -3.52. The van der Waals surface area contributed by atoms with Crippen molar-refractivity contribution in [3.8, 4) is 0 Å². The molecule has 1 aromatic rings. The molecule has 1 aromatic carbocycles. The fourth-order valence-electron chi connectivity index (χ4n) is 2.46. The zero-order valence-corrected chi connectivity index (χ0v) is 14.0. The highest BCUT2D eigenvalue weighted by molar-refractivity contribution is 7.89. The first kappa shape index (κ1) is 16.9. The Morgan fingerprint density at radius 3 is 2.50 bits per heavy atom. The quantitative estimate of drug-likeness (QED) is 0.858. The van der Waals surface area contributed by atoms with Gasteiger partial charge in [-0.1, -0.05) is 0 Å². The van der Waals surface area contributed by atoms with Gasteiger partial charge in [-0.25, -0.2) is 13.1 Å². The van der Waals surface area contributed by atoms with Crippen molar-refractivity contribution in [1.82, 2.24) is 14.9 Å². The first-order valence-corrected chi connectivity index (χ1v) is 8.93. The molecule has 0 bridgehead atoms. The van der Waals surface area contributed by atoms with E-state index in [1.165, 1.54) is 12.1 Å². The molecular formula is C15H23N3O3S. The number of carbonyl (C=O) groups is 1. The predicted molar refractivity (Wildman–Crippen MR) is 85.3 cm³/mol. The molecule has 2 N–H and O–H groups in total. The summed E-state index contributed by atoms with van der Waals surface area (Å²) < 4.78 is 26.6. The van der Waals surface area contributed by atoms with Gasteiger partial charge in [-0.3, -0.25) is 4.79 Å². The minimum atomic E-state index is -3.52. The van der Waals surface area contributed by atoms with E-state index < -0.39 is 10.0 Å². The van der Waals surface area contributed by atoms with Crippen LogP contribution < -0.4 is 10.0 Å². The van der Waals surface area contributed by atoms with E-state index in [-0.39, 0.29) is 22.9 Å². The van der Waals surface area contributed by atoms with Gasteiger partial charge < -0.3 is 10.2 Å². The molecule has 1 fully saturated rings. The third-order valence-electron chi connectivity index (χ3n) is 3.56. The van der Waals surface area contributed by atoms with Crippen molar-refractivity contribution in [2.75, 3.05) is 19.6 Å². The standard InChI is InChI=1S/C15H23N3O3S/c1-11(2)17-22(20,21)14-6-4-13(5-7-14)15(19)18-9-8-16-10-12(18)3/h4-7,11-12,16-17H,8-10H2,1-3H3/t12-/m0/s1. The Hall–Kier alpha value is -1.44. The third-order valence-corrected chi connectivity index (χ3v) is 5.24. The lowest BCUT2D eigenvalue weighted by Crippen LogP contribution is -2.52. The van der Waals surface area contributed by atoms with Crippen LogP contribution in [0.1, 0.15) is 31.1 Å². The van der Waals surface area contributed by atoms with Crippen LogP contribution in [-0.2, 0) is 10.0 Å². The molecular weight excluding hydrogens is 302 g/mol. The van der Waals surface area contributed by atoms with Crippen molar-refractivity contribution < 1.29 is 13.2 Å². The second kappa shape index (κ2) is 6.76. The highest BCUT2D eigenvalue weighted by atomic mass is 32.2. The van der Waals surface area contributed by atoms with Gasteiger partial charge in [0.15, 0.2) is 0 Å². The Balaban J connectivity index is 2.16. The van der Waals surface area contributed by atoms with E-state index in [1.807, 2.05) is 11.8 Å². The zero-order valence-electron chi connectivity index (χ0n) is 13.2.